The number of rotatable bonds is 8. The van der Waals surface area contributed by atoms with Gasteiger partial charge in [0.25, 0.3) is 5.91 Å². The molecule has 0 aliphatic carbocycles. The lowest BCUT2D eigenvalue weighted by molar-refractivity contribution is 0.0955. The molecule has 0 spiro atoms. The second-order valence-electron chi connectivity index (χ2n) is 6.34. The van der Waals surface area contributed by atoms with Gasteiger partial charge in [0.1, 0.15) is 18.2 Å². The molecule has 4 nitrogen and oxygen atoms in total. The fourth-order valence-electron chi connectivity index (χ4n) is 2.56. The molecule has 0 unspecified atom stereocenters. The second kappa shape index (κ2) is 10.2. The molecule has 1 N–H and O–H groups in total. The van der Waals surface area contributed by atoms with E-state index >= 15 is 0 Å². The first kappa shape index (κ1) is 21.0. The molecule has 1 heterocycles. The maximum Gasteiger partial charge on any atom is 0.272 e. The fourth-order valence-corrected chi connectivity index (χ4v) is 3.75. The van der Waals surface area contributed by atoms with E-state index in [1.807, 2.05) is 23.6 Å². The number of carbonyl (C=O) groups excluding carboxylic acids is 1. The summed E-state index contributed by atoms with van der Waals surface area (Å²) >= 11 is 7.58. The minimum Gasteiger partial charge on any atom is -0.489 e. The number of hydrazone groups is 1. The van der Waals surface area contributed by atoms with Gasteiger partial charge in [-0.1, -0.05) is 31.0 Å². The minimum atomic E-state index is -0.380. The van der Waals surface area contributed by atoms with Crippen LogP contribution in [0.4, 0.5) is 4.39 Å². The summed E-state index contributed by atoms with van der Waals surface area (Å²) in [5.41, 5.74) is 4.68. The summed E-state index contributed by atoms with van der Waals surface area (Å²) in [4.78, 5) is 13.3. The molecule has 0 radical (unpaired) electrons. The number of thiophene rings is 1. The van der Waals surface area contributed by atoms with Crippen LogP contribution < -0.4 is 10.2 Å². The van der Waals surface area contributed by atoms with E-state index in [1.54, 1.807) is 35.8 Å². The third-order valence-corrected chi connectivity index (χ3v) is 5.43. The molecule has 7 heteroatoms. The van der Waals surface area contributed by atoms with E-state index < -0.39 is 0 Å². The molecule has 0 bridgehead atoms. The molecule has 0 aliphatic rings. The zero-order chi connectivity index (χ0) is 20.6. The van der Waals surface area contributed by atoms with Crippen LogP contribution >= 0.6 is 22.9 Å². The van der Waals surface area contributed by atoms with Crippen LogP contribution in [0.1, 0.15) is 39.7 Å². The van der Waals surface area contributed by atoms with Crippen LogP contribution in [0.25, 0.3) is 0 Å². The molecule has 0 atom stereocenters. The summed E-state index contributed by atoms with van der Waals surface area (Å²) in [6.07, 6.45) is 3.59. The number of carbonyl (C=O) groups is 1. The highest BCUT2D eigenvalue weighted by Gasteiger charge is 2.07. The average molecular weight is 431 g/mol. The van der Waals surface area contributed by atoms with Crippen LogP contribution in [0, 0.1) is 5.82 Å². The molecule has 150 valence electrons. The number of nitrogens with one attached hydrogen (secondary N) is 1. The molecule has 0 saturated carbocycles. The lowest BCUT2D eigenvalue weighted by Crippen LogP contribution is -2.16. The molecular weight excluding hydrogens is 411 g/mol. The summed E-state index contributed by atoms with van der Waals surface area (Å²) < 4.78 is 18.7. The van der Waals surface area contributed by atoms with Crippen molar-refractivity contribution in [2.45, 2.75) is 26.4 Å². The Labute approximate surface area is 178 Å². The highest BCUT2D eigenvalue weighted by molar-refractivity contribution is 7.10. The second-order valence-corrected chi connectivity index (χ2v) is 7.75. The molecular formula is C22H20ClFN2O2S. The smallest absolute Gasteiger partial charge is 0.272 e. The Hall–Kier alpha value is -2.70. The number of halogens is 2. The van der Waals surface area contributed by atoms with Gasteiger partial charge in [-0.3, -0.25) is 4.79 Å². The molecule has 1 aromatic heterocycles. The van der Waals surface area contributed by atoms with Crippen LogP contribution in [0.3, 0.4) is 0 Å². The molecule has 3 rings (SSSR count). The Morgan fingerprint density at radius 3 is 2.76 bits per heavy atom. The van der Waals surface area contributed by atoms with Crippen LogP contribution in [-0.2, 0) is 13.0 Å². The zero-order valence-corrected chi connectivity index (χ0v) is 17.4. The number of hydrogen-bond acceptors (Lipinski definition) is 4. The van der Waals surface area contributed by atoms with Gasteiger partial charge in [0.15, 0.2) is 0 Å². The molecule has 2 aromatic carbocycles. The van der Waals surface area contributed by atoms with E-state index in [2.05, 4.69) is 17.5 Å². The van der Waals surface area contributed by atoms with Crippen molar-refractivity contribution in [3.8, 4) is 5.75 Å². The normalized spacial score (nSPS) is 11.0. The Kier molecular flexibility index (Phi) is 7.38. The van der Waals surface area contributed by atoms with Crippen molar-refractivity contribution in [2.24, 2.45) is 5.10 Å². The van der Waals surface area contributed by atoms with E-state index in [-0.39, 0.29) is 18.3 Å². The molecule has 1 amide bonds. The highest BCUT2D eigenvalue weighted by Crippen LogP contribution is 2.20. The van der Waals surface area contributed by atoms with E-state index in [1.165, 1.54) is 17.0 Å². The van der Waals surface area contributed by atoms with Gasteiger partial charge in [0.05, 0.1) is 16.8 Å². The summed E-state index contributed by atoms with van der Waals surface area (Å²) in [6.45, 7) is 2.35. The van der Waals surface area contributed by atoms with Crippen LogP contribution in [0.2, 0.25) is 5.02 Å². The third-order valence-electron chi connectivity index (χ3n) is 4.08. The molecule has 0 saturated heterocycles. The number of aryl methyl sites for hydroxylation is 1. The predicted octanol–water partition coefficient (Wildman–Crippen LogP) is 5.84. The summed E-state index contributed by atoms with van der Waals surface area (Å²) in [5.74, 6) is 0.0409. The lowest BCUT2D eigenvalue weighted by atomic mass is 10.2. The Balaban J connectivity index is 1.51. The molecule has 0 fully saturated rings. The highest BCUT2D eigenvalue weighted by atomic mass is 35.5. The monoisotopic (exact) mass is 430 g/mol. The number of ether oxygens (including phenoxy) is 1. The van der Waals surface area contributed by atoms with Crippen LogP contribution in [0.5, 0.6) is 5.75 Å². The number of amides is 1. The Morgan fingerprint density at radius 1 is 1.24 bits per heavy atom. The van der Waals surface area contributed by atoms with Gasteiger partial charge < -0.3 is 4.74 Å². The van der Waals surface area contributed by atoms with Gasteiger partial charge in [0.2, 0.25) is 0 Å². The maximum atomic E-state index is 13.1. The van der Waals surface area contributed by atoms with E-state index in [4.69, 9.17) is 16.3 Å². The predicted molar refractivity (Wildman–Crippen MR) is 116 cm³/mol. The largest absolute Gasteiger partial charge is 0.489 e. The first-order valence-electron chi connectivity index (χ1n) is 9.12. The summed E-state index contributed by atoms with van der Waals surface area (Å²) in [7, 11) is 0. The SMILES string of the molecule is CCCc1cc(C(=O)NN=Cc2ccc(OCc3ccc(F)cc3Cl)cc2)cs1. The zero-order valence-electron chi connectivity index (χ0n) is 15.8. The van der Waals surface area contributed by atoms with Crippen molar-refractivity contribution < 1.29 is 13.9 Å². The van der Waals surface area contributed by atoms with Gasteiger partial charge in [-0.15, -0.1) is 11.3 Å². The number of nitrogens with zero attached hydrogens (tertiary/aromatic N) is 1. The quantitative estimate of drug-likeness (QED) is 0.360. The van der Waals surface area contributed by atoms with Crippen molar-refractivity contribution in [1.82, 2.24) is 5.43 Å². The van der Waals surface area contributed by atoms with Crippen molar-refractivity contribution in [2.75, 3.05) is 0 Å². The number of hydrogen-bond donors (Lipinski definition) is 1. The van der Waals surface area contributed by atoms with Gasteiger partial charge in [-0.05, 0) is 54.4 Å². The first-order chi connectivity index (χ1) is 14.0. The van der Waals surface area contributed by atoms with E-state index in [9.17, 15) is 9.18 Å². The van der Waals surface area contributed by atoms with Gasteiger partial charge in [-0.2, -0.15) is 5.10 Å². The third kappa shape index (κ3) is 6.14. The van der Waals surface area contributed by atoms with Gasteiger partial charge in [-0.25, -0.2) is 9.82 Å². The van der Waals surface area contributed by atoms with Crippen molar-refractivity contribution in [3.05, 3.63) is 86.3 Å². The van der Waals surface area contributed by atoms with Crippen molar-refractivity contribution in [3.63, 3.8) is 0 Å². The maximum absolute atomic E-state index is 13.1. The van der Waals surface area contributed by atoms with Gasteiger partial charge in [0, 0.05) is 15.8 Å². The van der Waals surface area contributed by atoms with Crippen molar-refractivity contribution >= 4 is 35.1 Å². The standard InChI is InChI=1S/C22H20ClFN2O2S/c1-2-3-20-10-17(14-29-20)22(27)26-25-12-15-4-8-19(9-5-15)28-13-16-6-7-18(24)11-21(16)23/h4-12,14H,2-3,13H2,1H3,(H,26,27). The lowest BCUT2D eigenvalue weighted by Gasteiger charge is -2.08. The first-order valence-corrected chi connectivity index (χ1v) is 10.4. The van der Waals surface area contributed by atoms with Gasteiger partial charge >= 0.3 is 0 Å². The van der Waals surface area contributed by atoms with E-state index in [0.29, 0.717) is 21.9 Å². The molecule has 3 aromatic rings. The fraction of sp³-hybridized carbons (Fsp3) is 0.182. The molecule has 0 aliphatic heterocycles. The topological polar surface area (TPSA) is 50.7 Å². The Bertz CT molecular complexity index is 1000. The van der Waals surface area contributed by atoms with Crippen molar-refractivity contribution in [1.29, 1.82) is 0 Å². The number of benzene rings is 2. The molecule has 29 heavy (non-hydrogen) atoms. The van der Waals surface area contributed by atoms with Crippen LogP contribution in [0.15, 0.2) is 59.0 Å². The minimum absolute atomic E-state index is 0.226. The average Bonchev–Trinajstić information content (AvgIpc) is 3.17. The summed E-state index contributed by atoms with van der Waals surface area (Å²) in [6, 6.07) is 13.3. The van der Waals surface area contributed by atoms with E-state index in [0.717, 1.165) is 18.4 Å². The van der Waals surface area contributed by atoms with Crippen LogP contribution in [-0.4, -0.2) is 12.1 Å². The Morgan fingerprint density at radius 2 is 2.03 bits per heavy atom. The summed E-state index contributed by atoms with van der Waals surface area (Å²) in [5, 5.41) is 6.18.